The molecule has 0 aliphatic heterocycles. The Balaban J connectivity index is 1.73. The van der Waals surface area contributed by atoms with Gasteiger partial charge < -0.3 is 20.1 Å². The van der Waals surface area contributed by atoms with Crippen molar-refractivity contribution in [3.05, 3.63) is 12.4 Å². The van der Waals surface area contributed by atoms with Crippen molar-refractivity contribution in [2.45, 2.75) is 51.2 Å². The molecular formula is C15H24N4O3. The molecule has 1 aliphatic carbocycles. The van der Waals surface area contributed by atoms with Gasteiger partial charge >= 0.3 is 6.03 Å². The third-order valence-corrected chi connectivity index (χ3v) is 3.63. The molecule has 0 unspecified atom stereocenters. The molecule has 0 bridgehead atoms. The fourth-order valence-electron chi connectivity index (χ4n) is 2.46. The second-order valence-electron chi connectivity index (χ2n) is 5.39. The smallest absolute Gasteiger partial charge is 0.315 e. The lowest BCUT2D eigenvalue weighted by Crippen LogP contribution is -2.44. The van der Waals surface area contributed by atoms with Gasteiger partial charge in [0.1, 0.15) is 6.10 Å². The van der Waals surface area contributed by atoms with Gasteiger partial charge in [-0.25, -0.2) is 4.79 Å². The van der Waals surface area contributed by atoms with E-state index in [9.17, 15) is 4.79 Å². The molecule has 7 heteroatoms. The van der Waals surface area contributed by atoms with Crippen LogP contribution < -0.4 is 20.1 Å². The predicted octanol–water partition coefficient (Wildman–Crippen LogP) is 1.88. The Labute approximate surface area is 130 Å². The van der Waals surface area contributed by atoms with Gasteiger partial charge in [-0.3, -0.25) is 4.98 Å². The summed E-state index contributed by atoms with van der Waals surface area (Å²) < 4.78 is 10.9. The monoisotopic (exact) mass is 308 g/mol. The number of hydrogen-bond donors (Lipinski definition) is 2. The highest BCUT2D eigenvalue weighted by Crippen LogP contribution is 2.23. The van der Waals surface area contributed by atoms with Crippen LogP contribution in [0.5, 0.6) is 11.8 Å². The SMILES string of the molecule is CCCNC(=O)NC1CCC(Oc2cncc(OC)n2)CC1. The number of amides is 2. The molecule has 1 aromatic heterocycles. The van der Waals surface area contributed by atoms with Crippen molar-refractivity contribution in [3.63, 3.8) is 0 Å². The summed E-state index contributed by atoms with van der Waals surface area (Å²) in [4.78, 5) is 19.9. The molecule has 122 valence electrons. The molecule has 1 aliphatic rings. The summed E-state index contributed by atoms with van der Waals surface area (Å²) in [5, 5.41) is 5.83. The molecule has 22 heavy (non-hydrogen) atoms. The fourth-order valence-corrected chi connectivity index (χ4v) is 2.46. The molecule has 0 aromatic carbocycles. The van der Waals surface area contributed by atoms with E-state index in [1.165, 1.54) is 0 Å². The lowest BCUT2D eigenvalue weighted by atomic mass is 9.93. The predicted molar refractivity (Wildman–Crippen MR) is 82.1 cm³/mol. The normalized spacial score (nSPS) is 21.0. The molecule has 1 saturated carbocycles. The minimum atomic E-state index is -0.0788. The minimum absolute atomic E-state index is 0.0788. The van der Waals surface area contributed by atoms with Crippen LogP contribution in [0.3, 0.4) is 0 Å². The van der Waals surface area contributed by atoms with E-state index >= 15 is 0 Å². The zero-order valence-electron chi connectivity index (χ0n) is 13.2. The average molecular weight is 308 g/mol. The summed E-state index contributed by atoms with van der Waals surface area (Å²) in [5.41, 5.74) is 0. The summed E-state index contributed by atoms with van der Waals surface area (Å²) in [6.45, 7) is 2.74. The number of ether oxygens (including phenoxy) is 2. The lowest BCUT2D eigenvalue weighted by molar-refractivity contribution is 0.133. The largest absolute Gasteiger partial charge is 0.480 e. The Morgan fingerprint density at radius 1 is 1.27 bits per heavy atom. The minimum Gasteiger partial charge on any atom is -0.480 e. The molecule has 2 rings (SSSR count). The highest BCUT2D eigenvalue weighted by molar-refractivity contribution is 5.74. The summed E-state index contributed by atoms with van der Waals surface area (Å²) in [6.07, 6.45) is 7.76. The molecule has 2 amide bonds. The van der Waals surface area contributed by atoms with Crippen LogP contribution in [0.2, 0.25) is 0 Å². The third kappa shape index (κ3) is 5.05. The van der Waals surface area contributed by atoms with Crippen LogP contribution >= 0.6 is 0 Å². The van der Waals surface area contributed by atoms with E-state index in [0.717, 1.165) is 32.1 Å². The van der Waals surface area contributed by atoms with Gasteiger partial charge in [0, 0.05) is 12.6 Å². The topological polar surface area (TPSA) is 85.4 Å². The molecule has 7 nitrogen and oxygen atoms in total. The van der Waals surface area contributed by atoms with Crippen molar-refractivity contribution in [1.29, 1.82) is 0 Å². The molecule has 1 fully saturated rings. The molecular weight excluding hydrogens is 284 g/mol. The number of nitrogens with one attached hydrogen (secondary N) is 2. The van der Waals surface area contributed by atoms with Crippen molar-refractivity contribution in [1.82, 2.24) is 20.6 Å². The van der Waals surface area contributed by atoms with E-state index in [0.29, 0.717) is 18.3 Å². The van der Waals surface area contributed by atoms with E-state index in [-0.39, 0.29) is 18.2 Å². The van der Waals surface area contributed by atoms with Gasteiger partial charge in [0.25, 0.3) is 0 Å². The van der Waals surface area contributed by atoms with Crippen molar-refractivity contribution < 1.29 is 14.3 Å². The zero-order chi connectivity index (χ0) is 15.8. The van der Waals surface area contributed by atoms with Crippen molar-refractivity contribution in [2.24, 2.45) is 0 Å². The van der Waals surface area contributed by atoms with E-state index in [4.69, 9.17) is 9.47 Å². The Morgan fingerprint density at radius 2 is 2.00 bits per heavy atom. The van der Waals surface area contributed by atoms with Crippen LogP contribution in [0.15, 0.2) is 12.4 Å². The number of rotatable bonds is 6. The van der Waals surface area contributed by atoms with E-state index in [2.05, 4.69) is 20.6 Å². The molecule has 0 radical (unpaired) electrons. The summed E-state index contributed by atoms with van der Waals surface area (Å²) in [6, 6.07) is 0.137. The summed E-state index contributed by atoms with van der Waals surface area (Å²) in [7, 11) is 1.55. The molecule has 0 spiro atoms. The van der Waals surface area contributed by atoms with Gasteiger partial charge in [0.05, 0.1) is 19.5 Å². The number of carbonyl (C=O) groups is 1. The first kappa shape index (κ1) is 16.3. The second-order valence-corrected chi connectivity index (χ2v) is 5.39. The number of hydrogen-bond acceptors (Lipinski definition) is 5. The maximum absolute atomic E-state index is 11.6. The van der Waals surface area contributed by atoms with Crippen LogP contribution in [-0.4, -0.2) is 41.8 Å². The summed E-state index contributed by atoms with van der Waals surface area (Å²) in [5.74, 6) is 0.928. The number of methoxy groups -OCH3 is 1. The Hall–Kier alpha value is -2.05. The van der Waals surface area contributed by atoms with Crippen LogP contribution in [0.4, 0.5) is 4.79 Å². The van der Waals surface area contributed by atoms with Gasteiger partial charge in [-0.05, 0) is 32.1 Å². The molecule has 2 N–H and O–H groups in total. The number of nitrogens with zero attached hydrogens (tertiary/aromatic N) is 2. The number of carbonyl (C=O) groups excluding carboxylic acids is 1. The Kier molecular flexibility index (Phi) is 6.24. The first-order chi connectivity index (χ1) is 10.7. The molecule has 1 heterocycles. The average Bonchev–Trinajstić information content (AvgIpc) is 2.55. The van der Waals surface area contributed by atoms with E-state index in [1.54, 1.807) is 19.5 Å². The van der Waals surface area contributed by atoms with Gasteiger partial charge in [0.15, 0.2) is 0 Å². The van der Waals surface area contributed by atoms with Crippen LogP contribution in [0.1, 0.15) is 39.0 Å². The number of urea groups is 1. The standard InChI is InChI=1S/C15H24N4O3/c1-3-8-17-15(20)18-11-4-6-12(7-5-11)22-14-10-16-9-13(19-14)21-2/h9-12H,3-8H2,1-2H3,(H2,17,18,20). The highest BCUT2D eigenvalue weighted by atomic mass is 16.5. The zero-order valence-corrected chi connectivity index (χ0v) is 13.2. The van der Waals surface area contributed by atoms with Crippen molar-refractivity contribution in [3.8, 4) is 11.8 Å². The Morgan fingerprint density at radius 3 is 2.68 bits per heavy atom. The maximum atomic E-state index is 11.6. The van der Waals surface area contributed by atoms with Gasteiger partial charge in [-0.1, -0.05) is 6.92 Å². The van der Waals surface area contributed by atoms with Crippen LogP contribution in [0.25, 0.3) is 0 Å². The quantitative estimate of drug-likeness (QED) is 0.838. The van der Waals surface area contributed by atoms with Crippen LogP contribution in [0, 0.1) is 0 Å². The maximum Gasteiger partial charge on any atom is 0.315 e. The summed E-state index contributed by atoms with van der Waals surface area (Å²) >= 11 is 0. The fraction of sp³-hybridized carbons (Fsp3) is 0.667. The second kappa shape index (κ2) is 8.41. The Bertz CT molecular complexity index is 476. The molecule has 1 aromatic rings. The molecule has 0 saturated heterocycles. The van der Waals surface area contributed by atoms with Crippen LogP contribution in [-0.2, 0) is 0 Å². The third-order valence-electron chi connectivity index (χ3n) is 3.63. The molecule has 0 atom stereocenters. The number of aromatic nitrogens is 2. The van der Waals surface area contributed by atoms with E-state index < -0.39 is 0 Å². The first-order valence-corrected chi connectivity index (χ1v) is 7.78. The van der Waals surface area contributed by atoms with Gasteiger partial charge in [0.2, 0.25) is 11.8 Å². The van der Waals surface area contributed by atoms with Gasteiger partial charge in [-0.15, -0.1) is 0 Å². The van der Waals surface area contributed by atoms with Crippen molar-refractivity contribution >= 4 is 6.03 Å². The van der Waals surface area contributed by atoms with Crippen molar-refractivity contribution in [2.75, 3.05) is 13.7 Å². The first-order valence-electron chi connectivity index (χ1n) is 7.78. The van der Waals surface area contributed by atoms with Gasteiger partial charge in [-0.2, -0.15) is 4.98 Å². The highest BCUT2D eigenvalue weighted by Gasteiger charge is 2.24. The van der Waals surface area contributed by atoms with E-state index in [1.807, 2.05) is 6.92 Å². The lowest BCUT2D eigenvalue weighted by Gasteiger charge is -2.29.